The summed E-state index contributed by atoms with van der Waals surface area (Å²) in [5.41, 5.74) is 1.71. The molecular weight excluding hydrogens is 245 g/mol. The van der Waals surface area contributed by atoms with Crippen molar-refractivity contribution < 1.29 is 14.0 Å². The predicted molar refractivity (Wildman–Crippen MR) is 71.6 cm³/mol. The minimum atomic E-state index is -0.317. The maximum absolute atomic E-state index is 13.3. The monoisotopic (exact) mass is 263 g/mol. The van der Waals surface area contributed by atoms with Crippen molar-refractivity contribution in [2.45, 2.75) is 39.0 Å². The summed E-state index contributed by atoms with van der Waals surface area (Å²) in [7, 11) is 0. The number of hydrogen-bond acceptors (Lipinski definition) is 2. The van der Waals surface area contributed by atoms with E-state index in [1.807, 2.05) is 0 Å². The van der Waals surface area contributed by atoms with Gasteiger partial charge < -0.3 is 9.69 Å². The van der Waals surface area contributed by atoms with Gasteiger partial charge in [0.05, 0.1) is 0 Å². The van der Waals surface area contributed by atoms with Crippen molar-refractivity contribution in [3.05, 3.63) is 29.6 Å². The first kappa shape index (κ1) is 13.7. The van der Waals surface area contributed by atoms with Gasteiger partial charge in [-0.15, -0.1) is 0 Å². The summed E-state index contributed by atoms with van der Waals surface area (Å²) in [4.78, 5) is 24.5. The topological polar surface area (TPSA) is 37.4 Å². The van der Waals surface area contributed by atoms with Gasteiger partial charge in [-0.3, -0.25) is 4.79 Å². The van der Waals surface area contributed by atoms with Crippen LogP contribution in [0.25, 0.3) is 0 Å². The van der Waals surface area contributed by atoms with Crippen molar-refractivity contribution in [1.29, 1.82) is 0 Å². The minimum Gasteiger partial charge on any atom is -0.312 e. The Bertz CT molecular complexity index is 499. The number of amides is 1. The van der Waals surface area contributed by atoms with Crippen molar-refractivity contribution in [3.8, 4) is 0 Å². The van der Waals surface area contributed by atoms with Gasteiger partial charge in [-0.1, -0.05) is 6.07 Å². The molecule has 1 amide bonds. The second kappa shape index (κ2) is 5.95. The second-order valence-corrected chi connectivity index (χ2v) is 4.98. The Morgan fingerprint density at radius 2 is 2.11 bits per heavy atom. The molecule has 0 fully saturated rings. The Kier molecular flexibility index (Phi) is 4.30. The fourth-order valence-corrected chi connectivity index (χ4v) is 2.40. The van der Waals surface area contributed by atoms with E-state index in [1.165, 1.54) is 12.1 Å². The minimum absolute atomic E-state index is 0.0425. The molecule has 0 spiro atoms. The number of carbonyl (C=O) groups is 2. The molecule has 1 heterocycles. The van der Waals surface area contributed by atoms with Gasteiger partial charge in [0, 0.05) is 25.1 Å². The summed E-state index contributed by atoms with van der Waals surface area (Å²) >= 11 is 0. The third-order valence-corrected chi connectivity index (χ3v) is 3.41. The first-order chi connectivity index (χ1) is 9.08. The van der Waals surface area contributed by atoms with E-state index in [1.54, 1.807) is 17.9 Å². The van der Waals surface area contributed by atoms with Gasteiger partial charge in [-0.25, -0.2) is 4.39 Å². The van der Waals surface area contributed by atoms with Crippen molar-refractivity contribution in [2.75, 3.05) is 11.4 Å². The van der Waals surface area contributed by atoms with Crippen LogP contribution in [0.3, 0.4) is 0 Å². The zero-order valence-corrected chi connectivity index (χ0v) is 11.1. The van der Waals surface area contributed by atoms with E-state index < -0.39 is 0 Å². The van der Waals surface area contributed by atoms with Crippen LogP contribution < -0.4 is 4.90 Å². The molecule has 0 N–H and O–H groups in total. The quantitative estimate of drug-likeness (QED) is 0.766. The zero-order chi connectivity index (χ0) is 13.8. The Labute approximate surface area is 112 Å². The molecule has 1 aromatic carbocycles. The normalized spacial score (nSPS) is 14.4. The molecule has 3 nitrogen and oxygen atoms in total. The van der Waals surface area contributed by atoms with Gasteiger partial charge >= 0.3 is 0 Å². The Balaban J connectivity index is 2.05. The highest BCUT2D eigenvalue weighted by atomic mass is 19.1. The van der Waals surface area contributed by atoms with E-state index in [4.69, 9.17) is 0 Å². The van der Waals surface area contributed by atoms with Crippen LogP contribution in [0, 0.1) is 5.82 Å². The Morgan fingerprint density at radius 3 is 2.84 bits per heavy atom. The highest BCUT2D eigenvalue weighted by molar-refractivity contribution is 5.96. The van der Waals surface area contributed by atoms with Crippen LogP contribution in [0.15, 0.2) is 18.2 Å². The number of nitrogens with zero attached hydrogens (tertiary/aromatic N) is 1. The average molecular weight is 263 g/mol. The number of anilines is 1. The number of Topliss-reactive ketones (excluding diaryl/α,β-unsaturated/α-hetero) is 1. The van der Waals surface area contributed by atoms with Crippen LogP contribution >= 0.6 is 0 Å². The SMILES string of the molecule is CC(=O)CCCCN1C(=O)CCc2ccc(F)cc21. The fraction of sp³-hybridized carbons (Fsp3) is 0.467. The van der Waals surface area contributed by atoms with Crippen molar-refractivity contribution in [2.24, 2.45) is 0 Å². The second-order valence-electron chi connectivity index (χ2n) is 4.98. The van der Waals surface area contributed by atoms with Crippen molar-refractivity contribution >= 4 is 17.4 Å². The van der Waals surface area contributed by atoms with Gasteiger partial charge in [0.25, 0.3) is 0 Å². The molecule has 1 aromatic rings. The fourth-order valence-electron chi connectivity index (χ4n) is 2.40. The van der Waals surface area contributed by atoms with Crippen molar-refractivity contribution in [3.63, 3.8) is 0 Å². The van der Waals surface area contributed by atoms with E-state index >= 15 is 0 Å². The van der Waals surface area contributed by atoms with Gasteiger partial charge in [-0.2, -0.15) is 0 Å². The molecule has 102 valence electrons. The van der Waals surface area contributed by atoms with Gasteiger partial charge in [0.15, 0.2) is 0 Å². The maximum Gasteiger partial charge on any atom is 0.227 e. The van der Waals surface area contributed by atoms with Crippen LogP contribution in [0.4, 0.5) is 10.1 Å². The highest BCUT2D eigenvalue weighted by Gasteiger charge is 2.23. The van der Waals surface area contributed by atoms with Gasteiger partial charge in [-0.05, 0) is 43.9 Å². The zero-order valence-electron chi connectivity index (χ0n) is 11.1. The van der Waals surface area contributed by atoms with Crippen LogP contribution in [-0.4, -0.2) is 18.2 Å². The van der Waals surface area contributed by atoms with Crippen LogP contribution in [0.5, 0.6) is 0 Å². The Morgan fingerprint density at radius 1 is 1.32 bits per heavy atom. The molecule has 0 atom stereocenters. The number of unbranched alkanes of at least 4 members (excludes halogenated alkanes) is 1. The molecule has 0 saturated heterocycles. The lowest BCUT2D eigenvalue weighted by molar-refractivity contribution is -0.119. The molecule has 2 rings (SSSR count). The molecule has 0 bridgehead atoms. The first-order valence-electron chi connectivity index (χ1n) is 6.66. The number of carbonyl (C=O) groups excluding carboxylic acids is 2. The number of fused-ring (bicyclic) bond motifs is 1. The van der Waals surface area contributed by atoms with E-state index in [0.717, 1.165) is 18.4 Å². The molecule has 1 aliphatic rings. The number of benzene rings is 1. The average Bonchev–Trinajstić information content (AvgIpc) is 2.36. The molecule has 0 unspecified atom stereocenters. The molecule has 0 saturated carbocycles. The van der Waals surface area contributed by atoms with E-state index in [2.05, 4.69) is 0 Å². The summed E-state index contributed by atoms with van der Waals surface area (Å²) in [6.45, 7) is 2.12. The molecule has 0 aromatic heterocycles. The number of halogens is 1. The number of ketones is 1. The van der Waals surface area contributed by atoms with E-state index in [0.29, 0.717) is 31.5 Å². The van der Waals surface area contributed by atoms with Crippen LogP contribution in [-0.2, 0) is 16.0 Å². The third kappa shape index (κ3) is 3.40. The largest absolute Gasteiger partial charge is 0.312 e. The van der Waals surface area contributed by atoms with Gasteiger partial charge in [0.1, 0.15) is 11.6 Å². The number of aryl methyl sites for hydroxylation is 1. The maximum atomic E-state index is 13.3. The summed E-state index contributed by atoms with van der Waals surface area (Å²) < 4.78 is 13.3. The lowest BCUT2D eigenvalue weighted by atomic mass is 10.0. The molecular formula is C15H18FNO2. The standard InChI is InChI=1S/C15H18FNO2/c1-11(18)4-2-3-9-17-14-10-13(16)7-5-12(14)6-8-15(17)19/h5,7,10H,2-4,6,8-9H2,1H3. The smallest absolute Gasteiger partial charge is 0.227 e. The lowest BCUT2D eigenvalue weighted by Crippen LogP contribution is -2.36. The van der Waals surface area contributed by atoms with Crippen LogP contribution in [0.1, 0.15) is 38.2 Å². The number of rotatable bonds is 5. The first-order valence-corrected chi connectivity index (χ1v) is 6.66. The van der Waals surface area contributed by atoms with E-state index in [-0.39, 0.29) is 17.5 Å². The lowest BCUT2D eigenvalue weighted by Gasteiger charge is -2.29. The van der Waals surface area contributed by atoms with Crippen LogP contribution in [0.2, 0.25) is 0 Å². The summed E-state index contributed by atoms with van der Waals surface area (Å²) in [5.74, 6) is -0.112. The molecule has 0 aliphatic carbocycles. The van der Waals surface area contributed by atoms with Crippen molar-refractivity contribution in [1.82, 2.24) is 0 Å². The molecule has 1 aliphatic heterocycles. The molecule has 19 heavy (non-hydrogen) atoms. The summed E-state index contributed by atoms with van der Waals surface area (Å²) in [6, 6.07) is 4.61. The number of hydrogen-bond donors (Lipinski definition) is 0. The highest BCUT2D eigenvalue weighted by Crippen LogP contribution is 2.28. The summed E-state index contributed by atoms with van der Waals surface area (Å²) in [6.07, 6.45) is 3.23. The predicted octanol–water partition coefficient (Wildman–Crippen LogP) is 2.86. The Hall–Kier alpha value is -1.71. The van der Waals surface area contributed by atoms with Gasteiger partial charge in [0.2, 0.25) is 5.91 Å². The third-order valence-electron chi connectivity index (χ3n) is 3.41. The van der Waals surface area contributed by atoms with E-state index in [9.17, 15) is 14.0 Å². The molecule has 0 radical (unpaired) electrons. The summed E-state index contributed by atoms with van der Waals surface area (Å²) in [5, 5.41) is 0. The molecule has 4 heteroatoms.